The van der Waals surface area contributed by atoms with Crippen LogP contribution in [-0.4, -0.2) is 12.6 Å². The van der Waals surface area contributed by atoms with E-state index in [1.807, 2.05) is 0 Å². The Bertz CT molecular complexity index is 433. The van der Waals surface area contributed by atoms with E-state index in [1.165, 1.54) is 25.3 Å². The Morgan fingerprint density at radius 1 is 1.35 bits per heavy atom. The van der Waals surface area contributed by atoms with Crippen molar-refractivity contribution in [3.05, 3.63) is 34.6 Å². The Hall–Kier alpha value is -0.600. The molecule has 3 heteroatoms. The van der Waals surface area contributed by atoms with E-state index >= 15 is 0 Å². The largest absolute Gasteiger partial charge is 0.314 e. The quantitative estimate of drug-likeness (QED) is 0.821. The van der Waals surface area contributed by atoms with Crippen molar-refractivity contribution in [2.45, 2.75) is 52.0 Å². The third kappa shape index (κ3) is 4.20. The zero-order valence-corrected chi connectivity index (χ0v) is 13.2. The fourth-order valence-corrected chi connectivity index (χ4v) is 3.50. The van der Waals surface area contributed by atoms with Gasteiger partial charge in [0.1, 0.15) is 5.82 Å². The molecule has 1 N–H and O–H groups in total. The van der Waals surface area contributed by atoms with Crippen LogP contribution < -0.4 is 5.32 Å². The van der Waals surface area contributed by atoms with Crippen LogP contribution in [0.5, 0.6) is 0 Å². The molecule has 1 fully saturated rings. The van der Waals surface area contributed by atoms with Gasteiger partial charge in [-0.3, -0.25) is 0 Å². The summed E-state index contributed by atoms with van der Waals surface area (Å²) in [6.45, 7) is 5.54. The molecule has 0 bridgehead atoms. The average Bonchev–Trinajstić information content (AvgIpc) is 2.42. The Balaban J connectivity index is 2.08. The minimum absolute atomic E-state index is 0.123. The summed E-state index contributed by atoms with van der Waals surface area (Å²) in [7, 11) is 0. The van der Waals surface area contributed by atoms with Crippen LogP contribution in [0.3, 0.4) is 0 Å². The molecule has 1 aromatic rings. The van der Waals surface area contributed by atoms with Crippen LogP contribution in [-0.2, 0) is 6.42 Å². The van der Waals surface area contributed by atoms with E-state index in [0.29, 0.717) is 17.0 Å². The molecule has 3 unspecified atom stereocenters. The van der Waals surface area contributed by atoms with E-state index in [4.69, 9.17) is 11.6 Å². The summed E-state index contributed by atoms with van der Waals surface area (Å²) in [5.74, 6) is 1.13. The van der Waals surface area contributed by atoms with Gasteiger partial charge in [0.25, 0.3) is 0 Å². The van der Waals surface area contributed by atoms with Gasteiger partial charge in [0.2, 0.25) is 0 Å². The van der Waals surface area contributed by atoms with Crippen LogP contribution in [0.4, 0.5) is 4.39 Å². The molecule has 20 heavy (non-hydrogen) atoms. The van der Waals surface area contributed by atoms with E-state index in [9.17, 15) is 4.39 Å². The van der Waals surface area contributed by atoms with Gasteiger partial charge >= 0.3 is 0 Å². The zero-order chi connectivity index (χ0) is 14.5. The molecule has 1 aromatic carbocycles. The van der Waals surface area contributed by atoms with Gasteiger partial charge in [-0.15, -0.1) is 0 Å². The molecular weight excluding hydrogens is 273 g/mol. The van der Waals surface area contributed by atoms with Crippen molar-refractivity contribution >= 4 is 11.6 Å². The molecule has 0 aromatic heterocycles. The molecular formula is C17H25ClFN. The van der Waals surface area contributed by atoms with Gasteiger partial charge in [0.05, 0.1) is 0 Å². The summed E-state index contributed by atoms with van der Waals surface area (Å²) in [6.07, 6.45) is 5.58. The second-order valence-corrected chi connectivity index (χ2v) is 6.62. The lowest BCUT2D eigenvalue weighted by atomic mass is 9.76. The molecule has 2 rings (SSSR count). The Labute approximate surface area is 126 Å². The third-order valence-electron chi connectivity index (χ3n) is 4.39. The predicted molar refractivity (Wildman–Crippen MR) is 83.7 cm³/mol. The van der Waals surface area contributed by atoms with Crippen molar-refractivity contribution in [2.24, 2.45) is 11.8 Å². The molecule has 0 amide bonds. The highest BCUT2D eigenvalue weighted by molar-refractivity contribution is 6.30. The summed E-state index contributed by atoms with van der Waals surface area (Å²) < 4.78 is 13.9. The lowest BCUT2D eigenvalue weighted by Crippen LogP contribution is -2.41. The summed E-state index contributed by atoms with van der Waals surface area (Å²) in [4.78, 5) is 0. The number of rotatable bonds is 5. The van der Waals surface area contributed by atoms with Crippen LogP contribution in [0.25, 0.3) is 0 Å². The highest BCUT2D eigenvalue weighted by Gasteiger charge is 2.28. The van der Waals surface area contributed by atoms with E-state index in [0.717, 1.165) is 30.9 Å². The first-order valence-electron chi connectivity index (χ1n) is 7.77. The van der Waals surface area contributed by atoms with Crippen molar-refractivity contribution in [1.29, 1.82) is 0 Å². The lowest BCUT2D eigenvalue weighted by Gasteiger charge is -2.36. The van der Waals surface area contributed by atoms with Gasteiger partial charge < -0.3 is 5.32 Å². The van der Waals surface area contributed by atoms with Crippen LogP contribution >= 0.6 is 11.6 Å². The number of hydrogen-bond donors (Lipinski definition) is 1. The number of hydrogen-bond acceptors (Lipinski definition) is 1. The number of halogens is 2. The molecule has 0 radical (unpaired) electrons. The fraction of sp³-hybridized carbons (Fsp3) is 0.647. The van der Waals surface area contributed by atoms with Gasteiger partial charge in [-0.2, -0.15) is 0 Å². The van der Waals surface area contributed by atoms with Crippen LogP contribution in [0, 0.1) is 17.7 Å². The molecule has 1 nitrogen and oxygen atoms in total. The molecule has 112 valence electrons. The van der Waals surface area contributed by atoms with Gasteiger partial charge in [0.15, 0.2) is 0 Å². The zero-order valence-electron chi connectivity index (χ0n) is 12.5. The lowest BCUT2D eigenvalue weighted by molar-refractivity contribution is 0.211. The average molecular weight is 298 g/mol. The van der Waals surface area contributed by atoms with Crippen molar-refractivity contribution in [1.82, 2.24) is 5.32 Å². The van der Waals surface area contributed by atoms with Crippen molar-refractivity contribution in [3.63, 3.8) is 0 Å². The SMILES string of the molecule is CCCNC1CCC(C)CC1Cc1cc(Cl)ccc1F. The second kappa shape index (κ2) is 7.42. The van der Waals surface area contributed by atoms with Crippen molar-refractivity contribution < 1.29 is 4.39 Å². The van der Waals surface area contributed by atoms with Crippen molar-refractivity contribution in [2.75, 3.05) is 6.54 Å². The molecule has 1 aliphatic rings. The minimum Gasteiger partial charge on any atom is -0.314 e. The van der Waals surface area contributed by atoms with Gasteiger partial charge in [-0.1, -0.05) is 25.4 Å². The fourth-order valence-electron chi connectivity index (χ4n) is 3.30. The highest BCUT2D eigenvalue weighted by Crippen LogP contribution is 2.32. The highest BCUT2D eigenvalue weighted by atomic mass is 35.5. The summed E-state index contributed by atoms with van der Waals surface area (Å²) in [6, 6.07) is 5.41. The molecule has 1 saturated carbocycles. The topological polar surface area (TPSA) is 12.0 Å². The van der Waals surface area contributed by atoms with E-state index in [1.54, 1.807) is 12.1 Å². The molecule has 0 heterocycles. The predicted octanol–water partition coefficient (Wildman–Crippen LogP) is 4.83. The number of benzene rings is 1. The smallest absolute Gasteiger partial charge is 0.126 e. The van der Waals surface area contributed by atoms with Crippen LogP contribution in [0.1, 0.15) is 45.1 Å². The third-order valence-corrected chi connectivity index (χ3v) is 4.63. The van der Waals surface area contributed by atoms with Crippen LogP contribution in [0.2, 0.25) is 5.02 Å². The maximum absolute atomic E-state index is 13.9. The molecule has 3 atom stereocenters. The van der Waals surface area contributed by atoms with E-state index in [2.05, 4.69) is 19.2 Å². The first-order chi connectivity index (χ1) is 9.60. The normalized spacial score (nSPS) is 26.7. The Kier molecular flexibility index (Phi) is 5.86. The minimum atomic E-state index is -0.123. The number of nitrogens with one attached hydrogen (secondary N) is 1. The first kappa shape index (κ1) is 15.8. The second-order valence-electron chi connectivity index (χ2n) is 6.18. The van der Waals surface area contributed by atoms with Gasteiger partial charge in [-0.05, 0) is 74.2 Å². The maximum atomic E-state index is 13.9. The molecule has 0 spiro atoms. The molecule has 0 saturated heterocycles. The van der Waals surface area contributed by atoms with E-state index in [-0.39, 0.29) is 5.82 Å². The summed E-state index contributed by atoms with van der Waals surface area (Å²) in [5.41, 5.74) is 0.764. The molecule has 0 aliphatic heterocycles. The summed E-state index contributed by atoms with van der Waals surface area (Å²) >= 11 is 6.00. The van der Waals surface area contributed by atoms with Crippen LogP contribution in [0.15, 0.2) is 18.2 Å². The van der Waals surface area contributed by atoms with Gasteiger partial charge in [-0.25, -0.2) is 4.39 Å². The Morgan fingerprint density at radius 2 is 2.15 bits per heavy atom. The first-order valence-corrected chi connectivity index (χ1v) is 8.15. The monoisotopic (exact) mass is 297 g/mol. The van der Waals surface area contributed by atoms with E-state index < -0.39 is 0 Å². The maximum Gasteiger partial charge on any atom is 0.126 e. The van der Waals surface area contributed by atoms with Gasteiger partial charge in [0, 0.05) is 11.1 Å². The Morgan fingerprint density at radius 3 is 2.90 bits per heavy atom. The summed E-state index contributed by atoms with van der Waals surface area (Å²) in [5, 5.41) is 4.27. The standard InChI is InChI=1S/C17H25ClFN/c1-3-8-20-17-7-4-12(2)9-14(17)10-13-11-15(18)5-6-16(13)19/h5-6,11-12,14,17,20H,3-4,7-10H2,1-2H3. The molecule has 1 aliphatic carbocycles. The van der Waals surface area contributed by atoms with Crippen molar-refractivity contribution in [3.8, 4) is 0 Å².